The van der Waals surface area contributed by atoms with Crippen molar-refractivity contribution in [3.8, 4) is 22.6 Å². The Morgan fingerprint density at radius 1 is 0.978 bits per heavy atom. The highest BCUT2D eigenvalue weighted by Gasteiger charge is 2.14. The Kier molecular flexibility index (Phi) is 13.2. The Labute approximate surface area is 271 Å². The van der Waals surface area contributed by atoms with Crippen molar-refractivity contribution in [2.24, 2.45) is 0 Å². The number of carbonyl (C=O) groups excluding carboxylic acids is 1. The molecule has 0 spiro atoms. The van der Waals surface area contributed by atoms with Gasteiger partial charge in [0, 0.05) is 30.0 Å². The van der Waals surface area contributed by atoms with E-state index in [9.17, 15) is 17.8 Å². The Morgan fingerprint density at radius 2 is 1.72 bits per heavy atom. The number of halogens is 2. The van der Waals surface area contributed by atoms with Gasteiger partial charge in [0.05, 0.1) is 40.9 Å². The Bertz CT molecular complexity index is 1620. The number of allylic oxidation sites excluding steroid dienone is 1. The van der Waals surface area contributed by atoms with Crippen molar-refractivity contribution >= 4 is 22.7 Å². The molecule has 0 saturated heterocycles. The van der Waals surface area contributed by atoms with Crippen LogP contribution in [0, 0.1) is 6.92 Å². The topological polar surface area (TPSA) is 79.7 Å². The van der Waals surface area contributed by atoms with Crippen LogP contribution < -0.4 is 9.47 Å². The first-order chi connectivity index (χ1) is 22.3. The smallest absolute Gasteiger partial charge is 0.387 e. The van der Waals surface area contributed by atoms with Crippen LogP contribution in [-0.4, -0.2) is 46.0 Å². The summed E-state index contributed by atoms with van der Waals surface area (Å²) in [5, 5.41) is 0. The number of alkyl halides is 2. The fourth-order valence-electron chi connectivity index (χ4n) is 4.75. The minimum Gasteiger partial charge on any atom is -0.491 e. The quantitative estimate of drug-likeness (QED) is 0.0808. The molecule has 4 aromatic rings. The molecule has 0 saturated carbocycles. The third kappa shape index (κ3) is 10.2. The molecule has 4 rings (SSSR count). The van der Waals surface area contributed by atoms with E-state index in [1.165, 1.54) is 18.2 Å². The van der Waals surface area contributed by atoms with Crippen LogP contribution in [0.5, 0.6) is 11.5 Å². The number of nitrogens with zero attached hydrogens (tertiary/aromatic N) is 2. The molecule has 0 amide bonds. The number of aromatic nitrogens is 2. The number of imidazole rings is 1. The second-order valence-corrected chi connectivity index (χ2v) is 12.1. The minimum atomic E-state index is -3.01. The van der Waals surface area contributed by atoms with Crippen molar-refractivity contribution < 1.29 is 32.0 Å². The van der Waals surface area contributed by atoms with Gasteiger partial charge in [0.25, 0.3) is 0 Å². The molecule has 7 nitrogen and oxygen atoms in total. The molecule has 0 N–H and O–H groups in total. The van der Waals surface area contributed by atoms with Crippen molar-refractivity contribution in [2.75, 3.05) is 19.8 Å². The monoisotopic (exact) mass is 650 g/mol. The molecule has 244 valence electrons. The van der Waals surface area contributed by atoms with Crippen LogP contribution in [0.15, 0.2) is 84.0 Å². The van der Waals surface area contributed by atoms with Crippen molar-refractivity contribution in [3.63, 3.8) is 0 Å². The summed E-state index contributed by atoms with van der Waals surface area (Å²) in [5.74, 6) is 0.807. The first-order valence-corrected chi connectivity index (χ1v) is 16.7. The number of ether oxygens (including phenoxy) is 3. The molecule has 0 radical (unpaired) electrons. The maximum absolute atomic E-state index is 13.1. The van der Waals surface area contributed by atoms with E-state index in [1.54, 1.807) is 42.7 Å². The number of ketones is 1. The van der Waals surface area contributed by atoms with Crippen LogP contribution >= 0.6 is 0 Å². The summed E-state index contributed by atoms with van der Waals surface area (Å²) >= 11 is 0. The molecule has 0 aliphatic carbocycles. The van der Waals surface area contributed by atoms with Gasteiger partial charge in [0.15, 0.2) is 5.78 Å². The van der Waals surface area contributed by atoms with Gasteiger partial charge in [0.2, 0.25) is 0 Å². The predicted octanol–water partition coefficient (Wildman–Crippen LogP) is 7.81. The summed E-state index contributed by atoms with van der Waals surface area (Å²) < 4.78 is 57.2. The molecule has 0 aliphatic rings. The van der Waals surface area contributed by atoms with Gasteiger partial charge in [-0.2, -0.15) is 8.78 Å². The molecular weight excluding hydrogens is 610 g/mol. The van der Waals surface area contributed by atoms with Crippen molar-refractivity contribution in [1.29, 1.82) is 0 Å². The number of benzene rings is 3. The highest BCUT2D eigenvalue weighted by atomic mass is 32.2. The predicted molar refractivity (Wildman–Crippen MR) is 177 cm³/mol. The third-order valence-electron chi connectivity index (χ3n) is 7.33. The normalized spacial score (nSPS) is 12.1. The van der Waals surface area contributed by atoms with Crippen LogP contribution in [-0.2, 0) is 39.0 Å². The lowest BCUT2D eigenvalue weighted by Gasteiger charge is -2.11. The summed E-state index contributed by atoms with van der Waals surface area (Å²) in [6.07, 6.45) is 6.80. The Morgan fingerprint density at radius 3 is 2.41 bits per heavy atom. The minimum absolute atomic E-state index is 0.0303. The molecule has 3 aromatic carbocycles. The van der Waals surface area contributed by atoms with Gasteiger partial charge in [-0.25, -0.2) is 4.98 Å². The lowest BCUT2D eigenvalue weighted by atomic mass is 10.0. The van der Waals surface area contributed by atoms with Crippen molar-refractivity contribution in [1.82, 2.24) is 9.55 Å². The molecule has 46 heavy (non-hydrogen) atoms. The van der Waals surface area contributed by atoms with E-state index in [2.05, 4.69) is 11.9 Å². The van der Waals surface area contributed by atoms with E-state index >= 15 is 0 Å². The maximum atomic E-state index is 13.1. The zero-order valence-electron chi connectivity index (χ0n) is 26.4. The number of carbonyl (C=O) groups is 1. The summed E-state index contributed by atoms with van der Waals surface area (Å²) in [6.45, 7) is 5.45. The van der Waals surface area contributed by atoms with Crippen LogP contribution in [0.2, 0.25) is 0 Å². The Balaban J connectivity index is 1.39. The molecule has 0 bridgehead atoms. The Hall–Kier alpha value is -4.15. The lowest BCUT2D eigenvalue weighted by molar-refractivity contribution is -0.113. The molecule has 10 heteroatoms. The van der Waals surface area contributed by atoms with Gasteiger partial charge in [-0.1, -0.05) is 43.7 Å². The number of hydrogen-bond donors (Lipinski definition) is 0. The molecule has 1 atom stereocenters. The average Bonchev–Trinajstić information content (AvgIpc) is 3.41. The van der Waals surface area contributed by atoms with Gasteiger partial charge < -0.3 is 18.8 Å². The average molecular weight is 651 g/mol. The standard InChI is InChI=1S/C36H40F2N2O5S/c1-4-6-19-43-20-21-44-32-14-10-28(11-15-32)29-12-18-35(45-36(37)38)30(23-29)9-13-31(41)22-27-7-16-33(17-8-27)46(42)24-34-26(3)39-25-40(34)5-2/h7-18,23,25,36H,4-6,19-22,24H2,1-3H3/b13-9+/t46-/m1/s1. The van der Waals surface area contributed by atoms with E-state index in [-0.39, 0.29) is 18.0 Å². The molecule has 1 aromatic heterocycles. The molecule has 1 heterocycles. The summed E-state index contributed by atoms with van der Waals surface area (Å²) in [6, 6.07) is 19.4. The molecular formula is C36H40F2N2O5S. The van der Waals surface area contributed by atoms with Crippen LogP contribution in [0.25, 0.3) is 17.2 Å². The van der Waals surface area contributed by atoms with E-state index in [0.29, 0.717) is 35.2 Å². The summed E-state index contributed by atoms with van der Waals surface area (Å²) in [5.41, 5.74) is 4.52. The first-order valence-electron chi connectivity index (χ1n) is 15.4. The van der Waals surface area contributed by atoms with E-state index in [0.717, 1.165) is 54.1 Å². The van der Waals surface area contributed by atoms with Crippen LogP contribution in [0.1, 0.15) is 49.2 Å². The second-order valence-electron chi connectivity index (χ2n) is 10.6. The highest BCUT2D eigenvalue weighted by Crippen LogP contribution is 2.30. The zero-order valence-corrected chi connectivity index (χ0v) is 27.2. The summed E-state index contributed by atoms with van der Waals surface area (Å²) in [4.78, 5) is 17.8. The molecule has 0 aliphatic heterocycles. The van der Waals surface area contributed by atoms with Crippen molar-refractivity contribution in [2.45, 2.75) is 63.8 Å². The second kappa shape index (κ2) is 17.5. The van der Waals surface area contributed by atoms with Gasteiger partial charge in [-0.05, 0) is 85.5 Å². The first kappa shape index (κ1) is 34.7. The molecule has 0 fully saturated rings. The van der Waals surface area contributed by atoms with E-state index < -0.39 is 17.4 Å². The SMILES string of the molecule is CCCCOCCOc1ccc(-c2ccc(OC(F)F)c(/C=C/C(=O)Cc3ccc([S@](=O)Cc4c(C)ncn4CC)cc3)c2)cc1. The van der Waals surface area contributed by atoms with Crippen molar-refractivity contribution in [3.05, 3.63) is 102 Å². The maximum Gasteiger partial charge on any atom is 0.387 e. The van der Waals surface area contributed by atoms with Gasteiger partial charge >= 0.3 is 6.61 Å². The number of aryl methyl sites for hydroxylation is 2. The lowest BCUT2D eigenvalue weighted by Crippen LogP contribution is -2.07. The number of rotatable bonds is 18. The van der Waals surface area contributed by atoms with Gasteiger partial charge in [0.1, 0.15) is 18.1 Å². The summed E-state index contributed by atoms with van der Waals surface area (Å²) in [7, 11) is -1.26. The van der Waals surface area contributed by atoms with Gasteiger partial charge in [-0.15, -0.1) is 0 Å². The van der Waals surface area contributed by atoms with E-state index in [4.69, 9.17) is 14.2 Å². The highest BCUT2D eigenvalue weighted by molar-refractivity contribution is 7.84. The number of hydrogen-bond acceptors (Lipinski definition) is 6. The van der Waals surface area contributed by atoms with Crippen LogP contribution in [0.4, 0.5) is 8.78 Å². The van der Waals surface area contributed by atoms with Gasteiger partial charge in [-0.3, -0.25) is 9.00 Å². The van der Waals surface area contributed by atoms with E-state index in [1.807, 2.05) is 42.7 Å². The van der Waals surface area contributed by atoms with Crippen LogP contribution in [0.3, 0.4) is 0 Å². The fourth-order valence-corrected chi connectivity index (χ4v) is 5.98. The fraction of sp³-hybridized carbons (Fsp3) is 0.333. The largest absolute Gasteiger partial charge is 0.491 e. The zero-order chi connectivity index (χ0) is 32.9. The molecule has 0 unspecified atom stereocenters. The number of unbranched alkanes of at least 4 members (excludes halogenated alkanes) is 1. The third-order valence-corrected chi connectivity index (χ3v) is 8.66.